The van der Waals surface area contributed by atoms with E-state index in [-0.39, 0.29) is 18.3 Å². The summed E-state index contributed by atoms with van der Waals surface area (Å²) in [7, 11) is -3.35. The Morgan fingerprint density at radius 1 is 1.53 bits per heavy atom. The van der Waals surface area contributed by atoms with Crippen molar-refractivity contribution in [3.8, 4) is 0 Å². The summed E-state index contributed by atoms with van der Waals surface area (Å²) in [5.74, 6) is -0.507. The molecule has 1 heterocycles. The van der Waals surface area contributed by atoms with Crippen LogP contribution in [0.25, 0.3) is 0 Å². The van der Waals surface area contributed by atoms with Gasteiger partial charge in [-0.2, -0.15) is 12.7 Å². The van der Waals surface area contributed by atoms with Crippen molar-refractivity contribution < 1.29 is 18.3 Å². The van der Waals surface area contributed by atoms with Gasteiger partial charge in [-0.1, -0.05) is 13.8 Å². The molecule has 0 amide bonds. The van der Waals surface area contributed by atoms with E-state index < -0.39 is 16.2 Å². The highest BCUT2D eigenvalue weighted by Gasteiger charge is 2.31. The molecular formula is C10H20N2O4S. The lowest BCUT2D eigenvalue weighted by Crippen LogP contribution is -2.52. The van der Waals surface area contributed by atoms with Crippen molar-refractivity contribution in [2.45, 2.75) is 26.7 Å². The molecule has 17 heavy (non-hydrogen) atoms. The molecule has 1 atom stereocenters. The molecule has 0 aromatic carbocycles. The van der Waals surface area contributed by atoms with Gasteiger partial charge in [-0.15, -0.1) is 0 Å². The number of carboxylic acid groups (broad SMARTS) is 1. The van der Waals surface area contributed by atoms with Gasteiger partial charge in [0, 0.05) is 26.1 Å². The van der Waals surface area contributed by atoms with E-state index in [2.05, 4.69) is 4.72 Å². The van der Waals surface area contributed by atoms with E-state index in [1.54, 1.807) is 0 Å². The maximum Gasteiger partial charge on any atom is 0.303 e. The molecule has 2 N–H and O–H groups in total. The van der Waals surface area contributed by atoms with Crippen molar-refractivity contribution in [3.05, 3.63) is 0 Å². The summed E-state index contributed by atoms with van der Waals surface area (Å²) in [4.78, 5) is 10.5. The van der Waals surface area contributed by atoms with E-state index in [0.29, 0.717) is 26.1 Å². The molecular weight excluding hydrogens is 244 g/mol. The Morgan fingerprint density at radius 3 is 2.71 bits per heavy atom. The number of carboxylic acids is 1. The Bertz CT molecular complexity index is 367. The first-order valence-electron chi connectivity index (χ1n) is 5.78. The molecule has 1 aliphatic rings. The fourth-order valence-corrected chi connectivity index (χ4v) is 3.40. The third-order valence-corrected chi connectivity index (χ3v) is 4.20. The van der Waals surface area contributed by atoms with Crippen LogP contribution in [-0.4, -0.2) is 43.4 Å². The van der Waals surface area contributed by atoms with Crippen LogP contribution in [-0.2, 0) is 15.0 Å². The largest absolute Gasteiger partial charge is 0.481 e. The third-order valence-electron chi connectivity index (χ3n) is 2.69. The lowest BCUT2D eigenvalue weighted by Gasteiger charge is -2.33. The van der Waals surface area contributed by atoms with Gasteiger partial charge >= 0.3 is 5.97 Å². The number of hydrogen-bond donors (Lipinski definition) is 2. The molecule has 0 aromatic heterocycles. The number of hydrogen-bond acceptors (Lipinski definition) is 3. The van der Waals surface area contributed by atoms with Gasteiger partial charge in [-0.25, -0.2) is 4.72 Å². The summed E-state index contributed by atoms with van der Waals surface area (Å²) in [6.45, 7) is 5.14. The molecule has 0 aromatic rings. The van der Waals surface area contributed by atoms with E-state index in [9.17, 15) is 13.2 Å². The number of aliphatic carboxylic acids is 1. The molecule has 0 bridgehead atoms. The minimum atomic E-state index is -3.35. The maximum absolute atomic E-state index is 11.7. The average molecular weight is 264 g/mol. The summed E-state index contributed by atoms with van der Waals surface area (Å²) < 4.78 is 27.3. The van der Waals surface area contributed by atoms with E-state index in [1.807, 2.05) is 13.8 Å². The zero-order valence-electron chi connectivity index (χ0n) is 10.2. The van der Waals surface area contributed by atoms with Gasteiger partial charge in [-0.3, -0.25) is 4.79 Å². The summed E-state index contributed by atoms with van der Waals surface area (Å²) in [6.07, 6.45) is 0.592. The van der Waals surface area contributed by atoms with Crippen LogP contribution in [0.4, 0.5) is 0 Å². The minimum Gasteiger partial charge on any atom is -0.481 e. The van der Waals surface area contributed by atoms with Gasteiger partial charge in [0.1, 0.15) is 0 Å². The van der Waals surface area contributed by atoms with E-state index in [1.165, 1.54) is 4.31 Å². The van der Waals surface area contributed by atoms with Gasteiger partial charge in [0.15, 0.2) is 0 Å². The van der Waals surface area contributed by atoms with Crippen molar-refractivity contribution >= 4 is 16.2 Å². The molecule has 1 saturated heterocycles. The van der Waals surface area contributed by atoms with E-state index in [4.69, 9.17) is 5.11 Å². The highest BCUT2D eigenvalue weighted by molar-refractivity contribution is 7.87. The predicted octanol–water partition coefficient (Wildman–Crippen LogP) is 0.273. The van der Waals surface area contributed by atoms with Crippen LogP contribution in [0.2, 0.25) is 0 Å². The van der Waals surface area contributed by atoms with Crippen molar-refractivity contribution in [1.82, 2.24) is 9.03 Å². The highest BCUT2D eigenvalue weighted by Crippen LogP contribution is 2.17. The molecule has 0 saturated carbocycles. The zero-order valence-corrected chi connectivity index (χ0v) is 11.0. The summed E-state index contributed by atoms with van der Waals surface area (Å²) in [5.41, 5.74) is 0. The summed E-state index contributed by atoms with van der Waals surface area (Å²) >= 11 is 0. The van der Waals surface area contributed by atoms with Crippen molar-refractivity contribution in [2.75, 3.05) is 19.6 Å². The number of rotatable bonds is 5. The molecule has 0 spiro atoms. The SMILES string of the molecule is CC(C)CN1CC(CCC(=O)O)CNS1(=O)=O. The first-order valence-corrected chi connectivity index (χ1v) is 7.22. The van der Waals surface area contributed by atoms with Crippen molar-refractivity contribution in [3.63, 3.8) is 0 Å². The summed E-state index contributed by atoms with van der Waals surface area (Å²) in [5, 5.41) is 8.61. The van der Waals surface area contributed by atoms with Gasteiger partial charge in [0.25, 0.3) is 10.2 Å². The van der Waals surface area contributed by atoms with Crippen LogP contribution in [0.1, 0.15) is 26.7 Å². The molecule has 7 heteroatoms. The van der Waals surface area contributed by atoms with E-state index >= 15 is 0 Å². The Hall–Kier alpha value is -0.660. The second kappa shape index (κ2) is 5.79. The normalized spacial score (nSPS) is 25.0. The second-order valence-electron chi connectivity index (χ2n) is 4.86. The Kier molecular flexibility index (Phi) is 4.91. The van der Waals surface area contributed by atoms with E-state index in [0.717, 1.165) is 0 Å². The number of carbonyl (C=O) groups is 1. The van der Waals surface area contributed by atoms with Gasteiger partial charge in [0.2, 0.25) is 0 Å². The molecule has 1 unspecified atom stereocenters. The molecule has 1 aliphatic heterocycles. The van der Waals surface area contributed by atoms with Crippen LogP contribution in [0, 0.1) is 11.8 Å². The van der Waals surface area contributed by atoms with Crippen LogP contribution < -0.4 is 4.72 Å². The molecule has 1 rings (SSSR count). The molecule has 1 fully saturated rings. The maximum atomic E-state index is 11.7. The third kappa shape index (κ3) is 4.61. The summed E-state index contributed by atoms with van der Waals surface area (Å²) in [6, 6.07) is 0. The Labute approximate surface area is 102 Å². The van der Waals surface area contributed by atoms with Gasteiger partial charge < -0.3 is 5.11 Å². The van der Waals surface area contributed by atoms with Crippen LogP contribution in [0.5, 0.6) is 0 Å². The fourth-order valence-electron chi connectivity index (χ4n) is 1.87. The lowest BCUT2D eigenvalue weighted by atomic mass is 10.0. The van der Waals surface area contributed by atoms with Gasteiger partial charge in [-0.05, 0) is 18.3 Å². The highest BCUT2D eigenvalue weighted by atomic mass is 32.2. The average Bonchev–Trinajstić information content (AvgIpc) is 2.18. The monoisotopic (exact) mass is 264 g/mol. The zero-order chi connectivity index (χ0) is 13.1. The standard InChI is InChI=1S/C10H20N2O4S/c1-8(2)6-12-7-9(3-4-10(13)14)5-11-17(12,15)16/h8-9,11H,3-7H2,1-2H3,(H,13,14). The lowest BCUT2D eigenvalue weighted by molar-refractivity contribution is -0.137. The number of nitrogens with one attached hydrogen (secondary N) is 1. The smallest absolute Gasteiger partial charge is 0.303 e. The quantitative estimate of drug-likeness (QED) is 0.746. The van der Waals surface area contributed by atoms with Gasteiger partial charge in [0.05, 0.1) is 0 Å². The number of nitrogens with zero attached hydrogens (tertiary/aromatic N) is 1. The Balaban J connectivity index is 2.57. The van der Waals surface area contributed by atoms with Crippen LogP contribution in [0.15, 0.2) is 0 Å². The molecule has 0 aliphatic carbocycles. The predicted molar refractivity (Wildman–Crippen MR) is 63.7 cm³/mol. The molecule has 100 valence electrons. The van der Waals surface area contributed by atoms with Crippen molar-refractivity contribution in [2.24, 2.45) is 11.8 Å². The van der Waals surface area contributed by atoms with Crippen molar-refractivity contribution in [1.29, 1.82) is 0 Å². The fraction of sp³-hybridized carbons (Fsp3) is 0.900. The Morgan fingerprint density at radius 2 is 2.18 bits per heavy atom. The minimum absolute atomic E-state index is 0.0772. The first kappa shape index (κ1) is 14.4. The molecule has 6 nitrogen and oxygen atoms in total. The first-order chi connectivity index (χ1) is 7.81. The molecule has 0 radical (unpaired) electrons. The van der Waals surface area contributed by atoms with Crippen LogP contribution >= 0.6 is 0 Å². The van der Waals surface area contributed by atoms with Crippen LogP contribution in [0.3, 0.4) is 0 Å². The second-order valence-corrected chi connectivity index (χ2v) is 6.62. The topological polar surface area (TPSA) is 86.7 Å².